The van der Waals surface area contributed by atoms with Gasteiger partial charge in [0.2, 0.25) is 0 Å². The number of nitrogens with one attached hydrogen (secondary N) is 1. The average molecular weight is 381 g/mol. The predicted octanol–water partition coefficient (Wildman–Crippen LogP) is 4.39. The Kier molecular flexibility index (Phi) is 4.33. The number of hydrogen-bond acceptors (Lipinski definition) is 3. The topological polar surface area (TPSA) is 59.5 Å². The molecule has 5 heteroatoms. The number of nitrogens with zero attached hydrogens (tertiary/aromatic N) is 2. The van der Waals surface area contributed by atoms with E-state index in [2.05, 4.69) is 34.1 Å². The van der Waals surface area contributed by atoms with Gasteiger partial charge in [0, 0.05) is 11.8 Å². The normalized spacial score (nSPS) is 15.0. The molecule has 5 nitrogen and oxygen atoms in total. The lowest BCUT2D eigenvalue weighted by molar-refractivity contribution is 0.0932. The highest BCUT2D eigenvalue weighted by molar-refractivity contribution is 6.04. The van der Waals surface area contributed by atoms with E-state index in [1.165, 1.54) is 6.26 Å². The van der Waals surface area contributed by atoms with Crippen molar-refractivity contribution in [3.8, 4) is 5.69 Å². The van der Waals surface area contributed by atoms with Crippen molar-refractivity contribution in [2.45, 2.75) is 6.04 Å². The van der Waals surface area contributed by atoms with Crippen LogP contribution in [0.2, 0.25) is 0 Å². The molecular formula is C24H19N3O2. The predicted molar refractivity (Wildman–Crippen MR) is 112 cm³/mol. The molecule has 0 radical (unpaired) electrons. The summed E-state index contributed by atoms with van der Waals surface area (Å²) in [4.78, 5) is 17.5. The van der Waals surface area contributed by atoms with Gasteiger partial charge in [-0.3, -0.25) is 9.79 Å². The maximum absolute atomic E-state index is 12.4. The summed E-state index contributed by atoms with van der Waals surface area (Å²) in [5.41, 5.74) is 5.12. The van der Waals surface area contributed by atoms with Crippen molar-refractivity contribution in [2.75, 3.05) is 6.54 Å². The second-order valence-electron chi connectivity index (χ2n) is 6.87. The van der Waals surface area contributed by atoms with Gasteiger partial charge >= 0.3 is 0 Å². The van der Waals surface area contributed by atoms with Crippen LogP contribution in [0.3, 0.4) is 0 Å². The Labute approximate surface area is 168 Å². The van der Waals surface area contributed by atoms with Crippen LogP contribution in [-0.2, 0) is 0 Å². The summed E-state index contributed by atoms with van der Waals surface area (Å²) >= 11 is 0. The van der Waals surface area contributed by atoms with E-state index in [0.717, 1.165) is 28.2 Å². The second kappa shape index (κ2) is 7.28. The van der Waals surface area contributed by atoms with Crippen LogP contribution < -0.4 is 5.32 Å². The van der Waals surface area contributed by atoms with Gasteiger partial charge in [-0.05, 0) is 35.9 Å². The van der Waals surface area contributed by atoms with Gasteiger partial charge in [-0.25, -0.2) is 0 Å². The summed E-state index contributed by atoms with van der Waals surface area (Å²) in [5.74, 6) is 0.0336. The fourth-order valence-corrected chi connectivity index (χ4v) is 3.74. The van der Waals surface area contributed by atoms with Crippen LogP contribution in [0.25, 0.3) is 5.69 Å². The Morgan fingerprint density at radius 1 is 0.966 bits per heavy atom. The summed E-state index contributed by atoms with van der Waals surface area (Å²) in [6.45, 7) is 0.306. The third kappa shape index (κ3) is 3.17. The largest absolute Gasteiger partial charge is 0.459 e. The molecular weight excluding hydrogens is 362 g/mol. The third-order valence-electron chi connectivity index (χ3n) is 5.10. The molecule has 5 rings (SSSR count). The minimum atomic E-state index is -0.256. The van der Waals surface area contributed by atoms with Crippen molar-refractivity contribution < 1.29 is 9.21 Å². The minimum absolute atomic E-state index is 0.150. The monoisotopic (exact) mass is 381 g/mol. The summed E-state index contributed by atoms with van der Waals surface area (Å²) in [7, 11) is 0. The Hall–Kier alpha value is -3.86. The number of benzene rings is 2. The SMILES string of the molecule is O=C(NCC1=NC(c2ccccc2)c2ccccc2-n2cccc21)c1ccco1. The zero-order valence-electron chi connectivity index (χ0n) is 15.7. The average Bonchev–Trinajstić information content (AvgIpc) is 3.45. The molecule has 142 valence electrons. The molecule has 0 spiro atoms. The van der Waals surface area contributed by atoms with Crippen molar-refractivity contribution in [1.29, 1.82) is 0 Å². The van der Waals surface area contributed by atoms with E-state index < -0.39 is 0 Å². The molecule has 0 bridgehead atoms. The Balaban J connectivity index is 1.58. The number of hydrogen-bond donors (Lipinski definition) is 1. The molecule has 2 aromatic heterocycles. The first kappa shape index (κ1) is 17.3. The Bertz CT molecular complexity index is 1170. The van der Waals surface area contributed by atoms with Gasteiger partial charge in [-0.1, -0.05) is 48.5 Å². The summed E-state index contributed by atoms with van der Waals surface area (Å²) in [5, 5.41) is 2.94. The Morgan fingerprint density at radius 2 is 1.79 bits per heavy atom. The van der Waals surface area contributed by atoms with Gasteiger partial charge in [0.25, 0.3) is 5.91 Å². The quantitative estimate of drug-likeness (QED) is 0.570. The van der Waals surface area contributed by atoms with Crippen molar-refractivity contribution in [2.24, 2.45) is 4.99 Å². The van der Waals surface area contributed by atoms with E-state index >= 15 is 0 Å². The van der Waals surface area contributed by atoms with Gasteiger partial charge in [0.05, 0.1) is 29.9 Å². The molecule has 3 heterocycles. The van der Waals surface area contributed by atoms with E-state index in [9.17, 15) is 4.79 Å². The molecule has 1 aliphatic heterocycles. The third-order valence-corrected chi connectivity index (χ3v) is 5.10. The van der Waals surface area contributed by atoms with Crippen LogP contribution in [0.1, 0.15) is 33.4 Å². The lowest BCUT2D eigenvalue weighted by Crippen LogP contribution is -2.30. The standard InChI is InChI=1S/C24H19N3O2/c28-24(22-13-7-15-29-22)25-16-19-21-12-6-14-27(21)20-11-5-4-10-18(20)23(26-19)17-8-2-1-3-9-17/h1-15,23H,16H2,(H,25,28). The summed E-state index contributed by atoms with van der Waals surface area (Å²) in [6, 6.07) is 25.8. The fraction of sp³-hybridized carbons (Fsp3) is 0.0833. The van der Waals surface area contributed by atoms with Crippen LogP contribution in [0.15, 0.2) is 101 Å². The molecule has 4 aromatic rings. The van der Waals surface area contributed by atoms with Gasteiger partial charge in [-0.2, -0.15) is 0 Å². The zero-order chi connectivity index (χ0) is 19.6. The van der Waals surface area contributed by atoms with E-state index in [0.29, 0.717) is 6.54 Å². The lowest BCUT2D eigenvalue weighted by Gasteiger charge is -2.16. The number of aromatic nitrogens is 1. The molecule has 1 aliphatic rings. The highest BCUT2D eigenvalue weighted by Crippen LogP contribution is 2.34. The number of aliphatic imine (C=N–C) groups is 1. The molecule has 0 saturated heterocycles. The number of fused-ring (bicyclic) bond motifs is 3. The van der Waals surface area contributed by atoms with E-state index in [-0.39, 0.29) is 17.7 Å². The first-order valence-electron chi connectivity index (χ1n) is 9.51. The first-order valence-corrected chi connectivity index (χ1v) is 9.51. The molecule has 1 N–H and O–H groups in total. The summed E-state index contributed by atoms with van der Waals surface area (Å²) < 4.78 is 7.33. The number of carbonyl (C=O) groups excluding carboxylic acids is 1. The number of rotatable bonds is 4. The molecule has 0 aliphatic carbocycles. The van der Waals surface area contributed by atoms with Crippen LogP contribution in [0.4, 0.5) is 0 Å². The highest BCUT2D eigenvalue weighted by Gasteiger charge is 2.24. The molecule has 0 saturated carbocycles. The highest BCUT2D eigenvalue weighted by atomic mass is 16.3. The molecule has 1 amide bonds. The fourth-order valence-electron chi connectivity index (χ4n) is 3.74. The van der Waals surface area contributed by atoms with Crippen LogP contribution in [0.5, 0.6) is 0 Å². The Morgan fingerprint density at radius 3 is 2.62 bits per heavy atom. The second-order valence-corrected chi connectivity index (χ2v) is 6.87. The maximum Gasteiger partial charge on any atom is 0.287 e. The van der Waals surface area contributed by atoms with Gasteiger partial charge in [0.15, 0.2) is 5.76 Å². The summed E-state index contributed by atoms with van der Waals surface area (Å²) in [6.07, 6.45) is 3.52. The van der Waals surface area contributed by atoms with Crippen molar-refractivity contribution in [1.82, 2.24) is 9.88 Å². The van der Waals surface area contributed by atoms with Crippen molar-refractivity contribution >= 4 is 11.6 Å². The molecule has 2 aromatic carbocycles. The number of carbonyl (C=O) groups is 1. The van der Waals surface area contributed by atoms with Crippen molar-refractivity contribution in [3.05, 3.63) is 114 Å². The maximum atomic E-state index is 12.4. The lowest BCUT2D eigenvalue weighted by atomic mass is 9.98. The van der Waals surface area contributed by atoms with Gasteiger partial charge < -0.3 is 14.3 Å². The molecule has 0 fully saturated rings. The van der Waals surface area contributed by atoms with Crippen LogP contribution in [0, 0.1) is 0 Å². The van der Waals surface area contributed by atoms with E-state index in [4.69, 9.17) is 9.41 Å². The number of para-hydroxylation sites is 1. The number of furan rings is 1. The van der Waals surface area contributed by atoms with E-state index in [1.807, 2.05) is 48.7 Å². The molecule has 1 atom stereocenters. The smallest absolute Gasteiger partial charge is 0.287 e. The molecule has 29 heavy (non-hydrogen) atoms. The first-order chi connectivity index (χ1) is 14.3. The van der Waals surface area contributed by atoms with Gasteiger partial charge in [-0.15, -0.1) is 0 Å². The van der Waals surface area contributed by atoms with Crippen molar-refractivity contribution in [3.63, 3.8) is 0 Å². The minimum Gasteiger partial charge on any atom is -0.459 e. The van der Waals surface area contributed by atoms with E-state index in [1.54, 1.807) is 12.1 Å². The van der Waals surface area contributed by atoms with Crippen LogP contribution >= 0.6 is 0 Å². The zero-order valence-corrected chi connectivity index (χ0v) is 15.7. The van der Waals surface area contributed by atoms with Gasteiger partial charge in [0.1, 0.15) is 6.04 Å². The molecule has 1 unspecified atom stereocenters. The van der Waals surface area contributed by atoms with Crippen LogP contribution in [-0.4, -0.2) is 22.7 Å². The number of amides is 1.